The van der Waals surface area contributed by atoms with E-state index in [0.717, 1.165) is 5.56 Å². The summed E-state index contributed by atoms with van der Waals surface area (Å²) < 4.78 is 10.3. The highest BCUT2D eigenvalue weighted by Gasteiger charge is 2.10. The van der Waals surface area contributed by atoms with Gasteiger partial charge in [-0.2, -0.15) is 5.10 Å². The molecular formula is C10H15N3O2. The molecule has 0 atom stereocenters. The fourth-order valence-corrected chi connectivity index (χ4v) is 1.28. The molecule has 1 aromatic carbocycles. The van der Waals surface area contributed by atoms with Crippen molar-refractivity contribution in [3.05, 3.63) is 17.7 Å². The van der Waals surface area contributed by atoms with E-state index in [1.165, 1.54) is 0 Å². The van der Waals surface area contributed by atoms with Crippen LogP contribution in [0.15, 0.2) is 17.2 Å². The number of anilines is 1. The zero-order valence-electron chi connectivity index (χ0n) is 9.07. The average Bonchev–Trinajstić information content (AvgIpc) is 2.27. The van der Waals surface area contributed by atoms with Gasteiger partial charge >= 0.3 is 0 Å². The number of rotatable bonds is 3. The second kappa shape index (κ2) is 4.54. The first kappa shape index (κ1) is 11.2. The van der Waals surface area contributed by atoms with Gasteiger partial charge in [0.25, 0.3) is 0 Å². The Morgan fingerprint density at radius 2 is 1.73 bits per heavy atom. The van der Waals surface area contributed by atoms with E-state index in [4.69, 9.17) is 21.1 Å². The Hall–Kier alpha value is -1.91. The van der Waals surface area contributed by atoms with Crippen LogP contribution in [0.5, 0.6) is 11.5 Å². The molecule has 0 saturated carbocycles. The largest absolute Gasteiger partial charge is 0.493 e. The van der Waals surface area contributed by atoms with Crippen LogP contribution in [0.3, 0.4) is 0 Å². The first-order valence-corrected chi connectivity index (χ1v) is 4.40. The van der Waals surface area contributed by atoms with Crippen molar-refractivity contribution in [2.45, 2.75) is 6.92 Å². The van der Waals surface area contributed by atoms with Crippen molar-refractivity contribution < 1.29 is 9.47 Å². The molecule has 0 amide bonds. The quantitative estimate of drug-likeness (QED) is 0.336. The fourth-order valence-electron chi connectivity index (χ4n) is 1.28. The summed E-state index contributed by atoms with van der Waals surface area (Å²) >= 11 is 0. The Bertz CT molecular complexity index is 388. The van der Waals surface area contributed by atoms with Gasteiger partial charge in [-0.25, -0.2) is 0 Å². The lowest BCUT2D eigenvalue weighted by Gasteiger charge is -2.11. The van der Waals surface area contributed by atoms with Gasteiger partial charge in [0.1, 0.15) is 0 Å². The highest BCUT2D eigenvalue weighted by molar-refractivity contribution is 6.03. The van der Waals surface area contributed by atoms with E-state index in [0.29, 0.717) is 22.9 Å². The van der Waals surface area contributed by atoms with E-state index in [2.05, 4.69) is 5.10 Å². The van der Waals surface area contributed by atoms with E-state index < -0.39 is 0 Å². The minimum atomic E-state index is 0.555. The highest BCUT2D eigenvalue weighted by atomic mass is 16.5. The molecule has 1 rings (SSSR count). The van der Waals surface area contributed by atoms with Crippen molar-refractivity contribution in [3.63, 3.8) is 0 Å². The van der Waals surface area contributed by atoms with Gasteiger partial charge in [0.05, 0.1) is 19.9 Å². The summed E-state index contributed by atoms with van der Waals surface area (Å²) in [6, 6.07) is 3.43. The van der Waals surface area contributed by atoms with Crippen molar-refractivity contribution in [1.29, 1.82) is 0 Å². The van der Waals surface area contributed by atoms with Gasteiger partial charge in [-0.15, -0.1) is 0 Å². The summed E-state index contributed by atoms with van der Waals surface area (Å²) in [5, 5.41) is 3.59. The third kappa shape index (κ3) is 2.12. The van der Waals surface area contributed by atoms with E-state index in [1.54, 1.807) is 33.3 Å². The molecule has 1 aromatic rings. The molecule has 0 unspecified atom stereocenters. The number of ether oxygens (including phenoxy) is 2. The summed E-state index contributed by atoms with van der Waals surface area (Å²) in [6.45, 7) is 1.78. The molecule has 0 spiro atoms. The molecule has 0 fully saturated rings. The zero-order valence-corrected chi connectivity index (χ0v) is 9.07. The van der Waals surface area contributed by atoms with Crippen LogP contribution in [0.2, 0.25) is 0 Å². The molecule has 0 radical (unpaired) electrons. The van der Waals surface area contributed by atoms with E-state index in [-0.39, 0.29) is 0 Å². The van der Waals surface area contributed by atoms with Gasteiger partial charge in [-0.3, -0.25) is 0 Å². The van der Waals surface area contributed by atoms with Gasteiger partial charge in [-0.1, -0.05) is 0 Å². The van der Waals surface area contributed by atoms with E-state index in [9.17, 15) is 0 Å². The molecule has 5 heteroatoms. The Morgan fingerprint density at radius 1 is 1.20 bits per heavy atom. The van der Waals surface area contributed by atoms with Crippen LogP contribution in [-0.2, 0) is 0 Å². The number of nitrogens with two attached hydrogens (primary N) is 2. The Kier molecular flexibility index (Phi) is 3.38. The molecule has 0 aliphatic rings. The van der Waals surface area contributed by atoms with Crippen LogP contribution in [0, 0.1) is 0 Å². The number of benzene rings is 1. The predicted molar refractivity (Wildman–Crippen MR) is 60.4 cm³/mol. The number of hydrazone groups is 1. The van der Waals surface area contributed by atoms with Gasteiger partial charge in [0, 0.05) is 17.3 Å². The predicted octanol–water partition coefficient (Wildman–Crippen LogP) is 0.969. The van der Waals surface area contributed by atoms with Gasteiger partial charge in [0.2, 0.25) is 0 Å². The zero-order chi connectivity index (χ0) is 11.4. The average molecular weight is 209 g/mol. The lowest BCUT2D eigenvalue weighted by atomic mass is 10.1. The molecule has 15 heavy (non-hydrogen) atoms. The standard InChI is InChI=1S/C10H15N3O2/c1-6(13-12)7-4-9(14-2)10(15-3)5-8(7)11/h4-5H,11-12H2,1-3H3/b13-6+. The molecule has 0 saturated heterocycles. The van der Waals surface area contributed by atoms with Crippen molar-refractivity contribution in [1.82, 2.24) is 0 Å². The molecule has 0 aliphatic carbocycles. The first-order valence-electron chi connectivity index (χ1n) is 4.40. The maximum Gasteiger partial charge on any atom is 0.162 e. The highest BCUT2D eigenvalue weighted by Crippen LogP contribution is 2.32. The number of nitrogen functional groups attached to an aromatic ring is 1. The van der Waals surface area contributed by atoms with Crippen LogP contribution in [0.25, 0.3) is 0 Å². The second-order valence-corrected chi connectivity index (χ2v) is 3.01. The van der Waals surface area contributed by atoms with Crippen molar-refractivity contribution in [3.8, 4) is 11.5 Å². The first-order chi connectivity index (χ1) is 7.13. The number of nitrogens with zero attached hydrogens (tertiary/aromatic N) is 1. The molecule has 4 N–H and O–H groups in total. The van der Waals surface area contributed by atoms with Crippen molar-refractivity contribution >= 4 is 11.4 Å². The number of hydrogen-bond donors (Lipinski definition) is 2. The number of methoxy groups -OCH3 is 2. The van der Waals surface area contributed by atoms with Crippen molar-refractivity contribution in [2.75, 3.05) is 20.0 Å². The molecule has 0 aliphatic heterocycles. The monoisotopic (exact) mass is 209 g/mol. The fraction of sp³-hybridized carbons (Fsp3) is 0.300. The minimum absolute atomic E-state index is 0.555. The minimum Gasteiger partial charge on any atom is -0.493 e. The molecular weight excluding hydrogens is 194 g/mol. The SMILES string of the molecule is COc1cc(N)c(/C(C)=N/N)cc1OC. The lowest BCUT2D eigenvalue weighted by molar-refractivity contribution is 0.355. The van der Waals surface area contributed by atoms with Crippen LogP contribution in [0.4, 0.5) is 5.69 Å². The van der Waals surface area contributed by atoms with Crippen molar-refractivity contribution in [2.24, 2.45) is 10.9 Å². The molecule has 0 heterocycles. The Balaban J connectivity index is 3.32. The summed E-state index contributed by atoms with van der Waals surface area (Å²) in [5.74, 6) is 6.38. The van der Waals surface area contributed by atoms with Crippen LogP contribution < -0.4 is 21.1 Å². The van der Waals surface area contributed by atoms with E-state index >= 15 is 0 Å². The van der Waals surface area contributed by atoms with Gasteiger partial charge in [0.15, 0.2) is 11.5 Å². The molecule has 0 aromatic heterocycles. The van der Waals surface area contributed by atoms with Crippen LogP contribution in [0.1, 0.15) is 12.5 Å². The van der Waals surface area contributed by atoms with E-state index in [1.807, 2.05) is 0 Å². The van der Waals surface area contributed by atoms with Crippen LogP contribution >= 0.6 is 0 Å². The van der Waals surface area contributed by atoms with Gasteiger partial charge < -0.3 is 21.1 Å². The molecule has 5 nitrogen and oxygen atoms in total. The van der Waals surface area contributed by atoms with Crippen LogP contribution in [-0.4, -0.2) is 19.9 Å². The maximum absolute atomic E-state index is 5.83. The Morgan fingerprint density at radius 3 is 2.20 bits per heavy atom. The third-order valence-corrected chi connectivity index (χ3v) is 2.14. The number of hydrogen-bond acceptors (Lipinski definition) is 5. The normalized spacial score (nSPS) is 11.3. The summed E-state index contributed by atoms with van der Waals surface area (Å²) in [5.41, 5.74) is 7.77. The summed E-state index contributed by atoms with van der Waals surface area (Å²) in [7, 11) is 3.12. The third-order valence-electron chi connectivity index (χ3n) is 2.14. The molecule has 82 valence electrons. The Labute approximate surface area is 88.7 Å². The maximum atomic E-state index is 5.83. The summed E-state index contributed by atoms with van der Waals surface area (Å²) in [6.07, 6.45) is 0. The van der Waals surface area contributed by atoms with Gasteiger partial charge in [-0.05, 0) is 13.0 Å². The topological polar surface area (TPSA) is 82.9 Å². The lowest BCUT2D eigenvalue weighted by Crippen LogP contribution is -2.05. The molecule has 0 bridgehead atoms. The summed E-state index contributed by atoms with van der Waals surface area (Å²) in [4.78, 5) is 0. The smallest absolute Gasteiger partial charge is 0.162 e. The second-order valence-electron chi connectivity index (χ2n) is 3.01.